The Balaban J connectivity index is 2.58. The molecule has 0 saturated heterocycles. The van der Waals surface area contributed by atoms with E-state index in [1.165, 1.54) is 0 Å². The predicted octanol–water partition coefficient (Wildman–Crippen LogP) is 4.25. The van der Waals surface area contributed by atoms with Gasteiger partial charge in [-0.1, -0.05) is 29.3 Å². The molecule has 0 bridgehead atoms. The molecule has 0 radical (unpaired) electrons. The van der Waals surface area contributed by atoms with Crippen molar-refractivity contribution in [1.29, 1.82) is 0 Å². The van der Waals surface area contributed by atoms with Crippen molar-refractivity contribution in [3.8, 4) is 16.9 Å². The van der Waals surface area contributed by atoms with Crippen LogP contribution in [0.25, 0.3) is 11.1 Å². The van der Waals surface area contributed by atoms with Gasteiger partial charge in [0.2, 0.25) is 0 Å². The van der Waals surface area contributed by atoms with Crippen molar-refractivity contribution in [2.24, 2.45) is 0 Å². The van der Waals surface area contributed by atoms with Gasteiger partial charge >= 0.3 is 0 Å². The second kappa shape index (κ2) is 4.86. The summed E-state index contributed by atoms with van der Waals surface area (Å²) in [5.74, 6) is 0.746. The van der Waals surface area contributed by atoms with Gasteiger partial charge in [-0.25, -0.2) is 0 Å². The molecule has 0 aliphatic heterocycles. The number of nitrogen functional groups attached to an aromatic ring is 1. The number of hydrogen-bond donors (Lipinski definition) is 1. The lowest BCUT2D eigenvalue weighted by Gasteiger charge is -2.10. The summed E-state index contributed by atoms with van der Waals surface area (Å²) >= 11 is 11.9. The van der Waals surface area contributed by atoms with E-state index in [9.17, 15) is 0 Å². The highest BCUT2D eigenvalue weighted by molar-refractivity contribution is 6.33. The fraction of sp³-hybridized carbons (Fsp3) is 0.0769. The van der Waals surface area contributed by atoms with Crippen molar-refractivity contribution >= 4 is 28.9 Å². The van der Waals surface area contributed by atoms with Crippen LogP contribution in [0.1, 0.15) is 0 Å². The van der Waals surface area contributed by atoms with E-state index < -0.39 is 0 Å². The summed E-state index contributed by atoms with van der Waals surface area (Å²) in [5.41, 5.74) is 8.13. The molecule has 0 aromatic heterocycles. The number of hydrogen-bond acceptors (Lipinski definition) is 2. The lowest BCUT2D eigenvalue weighted by Crippen LogP contribution is -1.90. The molecule has 0 saturated carbocycles. The number of nitrogens with two attached hydrogens (primary N) is 1. The third-order valence-electron chi connectivity index (χ3n) is 2.47. The molecule has 2 aromatic carbocycles. The number of ether oxygens (including phenoxy) is 1. The van der Waals surface area contributed by atoms with Gasteiger partial charge in [0.1, 0.15) is 5.75 Å². The monoisotopic (exact) mass is 267 g/mol. The maximum atomic E-state index is 5.98. The molecule has 88 valence electrons. The first-order chi connectivity index (χ1) is 8.11. The molecule has 0 fully saturated rings. The van der Waals surface area contributed by atoms with Gasteiger partial charge in [-0.2, -0.15) is 0 Å². The third kappa shape index (κ3) is 2.48. The fourth-order valence-corrected chi connectivity index (χ4v) is 1.91. The average Bonchev–Trinajstić information content (AvgIpc) is 2.32. The highest BCUT2D eigenvalue weighted by atomic mass is 35.5. The Kier molecular flexibility index (Phi) is 3.46. The second-order valence-corrected chi connectivity index (χ2v) is 4.42. The molecule has 17 heavy (non-hydrogen) atoms. The molecule has 0 heterocycles. The molecule has 4 heteroatoms. The largest absolute Gasteiger partial charge is 0.496 e. The van der Waals surface area contributed by atoms with Crippen molar-refractivity contribution in [3.05, 3.63) is 46.4 Å². The Bertz CT molecular complexity index is 555. The molecule has 0 spiro atoms. The van der Waals surface area contributed by atoms with Crippen LogP contribution in [0.2, 0.25) is 10.0 Å². The Hall–Kier alpha value is -1.38. The standard InChI is InChI=1S/C13H11Cl2NO/c1-17-13-5-3-9(14)7-10(13)8-2-4-11(15)12(16)6-8/h2-7H,16H2,1H3. The molecular formula is C13H11Cl2NO. The molecule has 0 atom stereocenters. The van der Waals surface area contributed by atoms with Gasteiger partial charge in [0.15, 0.2) is 0 Å². The summed E-state index contributed by atoms with van der Waals surface area (Å²) in [4.78, 5) is 0. The van der Waals surface area contributed by atoms with Gasteiger partial charge in [0.25, 0.3) is 0 Å². The zero-order chi connectivity index (χ0) is 12.4. The molecule has 2 rings (SSSR count). The first-order valence-electron chi connectivity index (χ1n) is 5.01. The Morgan fingerprint density at radius 2 is 1.82 bits per heavy atom. The highest BCUT2D eigenvalue weighted by Gasteiger charge is 2.08. The maximum Gasteiger partial charge on any atom is 0.126 e. The maximum absolute atomic E-state index is 5.98. The van der Waals surface area contributed by atoms with E-state index in [4.69, 9.17) is 33.7 Å². The number of halogens is 2. The molecule has 0 aliphatic rings. The average molecular weight is 268 g/mol. The van der Waals surface area contributed by atoms with Crippen LogP contribution in [0.5, 0.6) is 5.75 Å². The van der Waals surface area contributed by atoms with Gasteiger partial charge in [-0.05, 0) is 35.9 Å². The first kappa shape index (κ1) is 12.1. The van der Waals surface area contributed by atoms with Crippen molar-refractivity contribution in [2.45, 2.75) is 0 Å². The lowest BCUT2D eigenvalue weighted by molar-refractivity contribution is 0.416. The minimum absolute atomic E-state index is 0.534. The van der Waals surface area contributed by atoms with Gasteiger partial charge < -0.3 is 10.5 Å². The van der Waals surface area contributed by atoms with Gasteiger partial charge in [0.05, 0.1) is 17.8 Å². The summed E-state index contributed by atoms with van der Waals surface area (Å²) in [6.45, 7) is 0. The number of benzene rings is 2. The number of methoxy groups -OCH3 is 1. The Morgan fingerprint density at radius 3 is 2.47 bits per heavy atom. The van der Waals surface area contributed by atoms with E-state index in [1.54, 1.807) is 25.3 Å². The van der Waals surface area contributed by atoms with Gasteiger partial charge in [-0.3, -0.25) is 0 Å². The predicted molar refractivity (Wildman–Crippen MR) is 72.9 cm³/mol. The Labute approximate surface area is 110 Å². The van der Waals surface area contributed by atoms with Crippen LogP contribution in [0.3, 0.4) is 0 Å². The van der Waals surface area contributed by atoms with Crippen molar-refractivity contribution in [1.82, 2.24) is 0 Å². The summed E-state index contributed by atoms with van der Waals surface area (Å²) < 4.78 is 5.29. The number of rotatable bonds is 2. The molecule has 0 unspecified atom stereocenters. The first-order valence-corrected chi connectivity index (χ1v) is 5.76. The molecule has 2 aromatic rings. The van der Waals surface area contributed by atoms with Crippen molar-refractivity contribution < 1.29 is 4.74 Å². The summed E-state index contributed by atoms with van der Waals surface area (Å²) in [5, 5.41) is 1.18. The van der Waals surface area contributed by atoms with E-state index in [0.29, 0.717) is 15.7 Å². The normalized spacial score (nSPS) is 10.3. The van der Waals surface area contributed by atoms with Crippen LogP contribution in [0, 0.1) is 0 Å². The van der Waals surface area contributed by atoms with Crippen LogP contribution < -0.4 is 10.5 Å². The summed E-state index contributed by atoms with van der Waals surface area (Å²) in [6, 6.07) is 10.9. The topological polar surface area (TPSA) is 35.2 Å². The summed E-state index contributed by atoms with van der Waals surface area (Å²) in [6.07, 6.45) is 0. The minimum atomic E-state index is 0.534. The van der Waals surface area contributed by atoms with Crippen LogP contribution in [-0.2, 0) is 0 Å². The van der Waals surface area contributed by atoms with E-state index >= 15 is 0 Å². The summed E-state index contributed by atoms with van der Waals surface area (Å²) in [7, 11) is 1.62. The van der Waals surface area contributed by atoms with Crippen LogP contribution in [0.15, 0.2) is 36.4 Å². The van der Waals surface area contributed by atoms with Crippen LogP contribution in [-0.4, -0.2) is 7.11 Å². The van der Waals surface area contributed by atoms with E-state index in [-0.39, 0.29) is 0 Å². The third-order valence-corrected chi connectivity index (χ3v) is 3.05. The van der Waals surface area contributed by atoms with Gasteiger partial charge in [0, 0.05) is 10.6 Å². The number of anilines is 1. The highest BCUT2D eigenvalue weighted by Crippen LogP contribution is 2.34. The fourth-order valence-electron chi connectivity index (χ4n) is 1.62. The minimum Gasteiger partial charge on any atom is -0.496 e. The van der Waals surface area contributed by atoms with Gasteiger partial charge in [-0.15, -0.1) is 0 Å². The van der Waals surface area contributed by atoms with Crippen molar-refractivity contribution in [3.63, 3.8) is 0 Å². The lowest BCUT2D eigenvalue weighted by atomic mass is 10.0. The smallest absolute Gasteiger partial charge is 0.126 e. The molecule has 2 nitrogen and oxygen atoms in total. The van der Waals surface area contributed by atoms with Crippen LogP contribution >= 0.6 is 23.2 Å². The SMILES string of the molecule is COc1ccc(Cl)cc1-c1ccc(Cl)c(N)c1. The van der Waals surface area contributed by atoms with E-state index in [2.05, 4.69) is 0 Å². The van der Waals surface area contributed by atoms with Crippen molar-refractivity contribution in [2.75, 3.05) is 12.8 Å². The van der Waals surface area contributed by atoms with E-state index in [1.807, 2.05) is 18.2 Å². The molecule has 2 N–H and O–H groups in total. The molecule has 0 aliphatic carbocycles. The Morgan fingerprint density at radius 1 is 1.06 bits per heavy atom. The quantitative estimate of drug-likeness (QED) is 0.826. The zero-order valence-electron chi connectivity index (χ0n) is 9.21. The molecule has 0 amide bonds. The zero-order valence-corrected chi connectivity index (χ0v) is 10.7. The van der Waals surface area contributed by atoms with E-state index in [0.717, 1.165) is 16.9 Å². The molecular weight excluding hydrogens is 257 g/mol. The van der Waals surface area contributed by atoms with Crippen LogP contribution in [0.4, 0.5) is 5.69 Å². The second-order valence-electron chi connectivity index (χ2n) is 3.58.